The van der Waals surface area contributed by atoms with Crippen LogP contribution in [-0.4, -0.2) is 0 Å². The van der Waals surface area contributed by atoms with Crippen molar-refractivity contribution in [2.75, 3.05) is 0 Å². The molecular weight excluding hydrogens is 108 g/mol. The zero-order chi connectivity index (χ0) is 7.11. The molecule has 0 aromatic rings. The predicted molar refractivity (Wildman–Crippen MR) is 43.3 cm³/mol. The van der Waals surface area contributed by atoms with Gasteiger partial charge in [0, 0.05) is 0 Å². The van der Waals surface area contributed by atoms with Gasteiger partial charge in [-0.2, -0.15) is 0 Å². The SMILES string of the molecule is C=C/C=C\C(C)/C=C\C. The highest BCUT2D eigenvalue weighted by atomic mass is 13.9. The molecule has 0 saturated carbocycles. The Balaban J connectivity index is 3.61. The Bertz CT molecular complexity index is 118. The third-order valence-electron chi connectivity index (χ3n) is 1.05. The predicted octanol–water partition coefficient (Wildman–Crippen LogP) is 2.94. The van der Waals surface area contributed by atoms with Gasteiger partial charge in [-0.25, -0.2) is 0 Å². The van der Waals surface area contributed by atoms with Gasteiger partial charge in [-0.1, -0.05) is 43.9 Å². The van der Waals surface area contributed by atoms with Crippen LogP contribution in [-0.2, 0) is 0 Å². The molecular formula is C9H14. The summed E-state index contributed by atoms with van der Waals surface area (Å²) < 4.78 is 0. The molecule has 0 radical (unpaired) electrons. The fraction of sp³-hybridized carbons (Fsp3) is 0.333. The van der Waals surface area contributed by atoms with Crippen LogP contribution in [0.4, 0.5) is 0 Å². The summed E-state index contributed by atoms with van der Waals surface area (Å²) in [6.45, 7) is 7.75. The molecule has 9 heavy (non-hydrogen) atoms. The van der Waals surface area contributed by atoms with E-state index < -0.39 is 0 Å². The van der Waals surface area contributed by atoms with Gasteiger partial charge in [0.1, 0.15) is 0 Å². The summed E-state index contributed by atoms with van der Waals surface area (Å²) in [5.41, 5.74) is 0. The maximum absolute atomic E-state index is 3.58. The van der Waals surface area contributed by atoms with E-state index in [-0.39, 0.29) is 0 Å². The van der Waals surface area contributed by atoms with Crippen LogP contribution in [0.5, 0.6) is 0 Å². The van der Waals surface area contributed by atoms with Crippen LogP contribution in [0.15, 0.2) is 37.0 Å². The summed E-state index contributed by atoms with van der Waals surface area (Å²) in [5.74, 6) is 0.535. The molecule has 0 spiro atoms. The first-order valence-electron chi connectivity index (χ1n) is 3.23. The Kier molecular flexibility index (Phi) is 4.89. The van der Waals surface area contributed by atoms with E-state index in [1.807, 2.05) is 13.0 Å². The Morgan fingerprint density at radius 1 is 1.33 bits per heavy atom. The maximum Gasteiger partial charge on any atom is -0.00789 e. The van der Waals surface area contributed by atoms with E-state index in [9.17, 15) is 0 Å². The van der Waals surface area contributed by atoms with Crippen LogP contribution < -0.4 is 0 Å². The lowest BCUT2D eigenvalue weighted by molar-refractivity contribution is 0.938. The van der Waals surface area contributed by atoms with E-state index in [1.165, 1.54) is 0 Å². The molecule has 0 saturated heterocycles. The third-order valence-corrected chi connectivity index (χ3v) is 1.05. The van der Waals surface area contributed by atoms with Gasteiger partial charge in [-0.3, -0.25) is 0 Å². The second-order valence-corrected chi connectivity index (χ2v) is 2.01. The van der Waals surface area contributed by atoms with Crippen molar-refractivity contribution in [3.8, 4) is 0 Å². The first-order chi connectivity index (χ1) is 4.31. The standard InChI is InChI=1S/C9H14/c1-4-6-8-9(3)7-5-2/h4-9H,1H2,2-3H3/b7-5-,8-6-. The minimum Gasteiger partial charge on any atom is -0.0991 e. The molecule has 0 aliphatic rings. The number of hydrogen-bond acceptors (Lipinski definition) is 0. The van der Waals surface area contributed by atoms with Gasteiger partial charge in [-0.05, 0) is 12.8 Å². The molecule has 0 aromatic carbocycles. The molecule has 0 aliphatic carbocycles. The fourth-order valence-corrected chi connectivity index (χ4v) is 0.622. The van der Waals surface area contributed by atoms with Crippen molar-refractivity contribution in [2.45, 2.75) is 13.8 Å². The number of rotatable bonds is 3. The average molecular weight is 122 g/mol. The van der Waals surface area contributed by atoms with Crippen molar-refractivity contribution in [1.29, 1.82) is 0 Å². The highest BCUT2D eigenvalue weighted by Gasteiger charge is 1.83. The van der Waals surface area contributed by atoms with Crippen molar-refractivity contribution < 1.29 is 0 Å². The van der Waals surface area contributed by atoms with Crippen LogP contribution in [0.2, 0.25) is 0 Å². The largest absolute Gasteiger partial charge is 0.0991 e. The Hall–Kier alpha value is -0.780. The van der Waals surface area contributed by atoms with E-state index in [1.54, 1.807) is 6.08 Å². The molecule has 0 fully saturated rings. The van der Waals surface area contributed by atoms with E-state index >= 15 is 0 Å². The Morgan fingerprint density at radius 3 is 2.44 bits per heavy atom. The lowest BCUT2D eigenvalue weighted by Gasteiger charge is -1.92. The minimum absolute atomic E-state index is 0.535. The van der Waals surface area contributed by atoms with Crippen molar-refractivity contribution in [2.24, 2.45) is 5.92 Å². The first kappa shape index (κ1) is 8.22. The molecule has 50 valence electrons. The fourth-order valence-electron chi connectivity index (χ4n) is 0.622. The molecule has 0 N–H and O–H groups in total. The van der Waals surface area contributed by atoms with Gasteiger partial charge < -0.3 is 0 Å². The van der Waals surface area contributed by atoms with E-state index in [0.29, 0.717) is 5.92 Å². The minimum atomic E-state index is 0.535. The van der Waals surface area contributed by atoms with Crippen LogP contribution in [0.25, 0.3) is 0 Å². The first-order valence-corrected chi connectivity index (χ1v) is 3.23. The normalized spacial score (nSPS) is 14.9. The Morgan fingerprint density at radius 2 is 2.00 bits per heavy atom. The molecule has 0 nitrogen and oxygen atoms in total. The van der Waals surface area contributed by atoms with Gasteiger partial charge in [0.25, 0.3) is 0 Å². The van der Waals surface area contributed by atoms with Crippen molar-refractivity contribution >= 4 is 0 Å². The zero-order valence-electron chi connectivity index (χ0n) is 6.17. The molecule has 0 aliphatic heterocycles. The summed E-state index contributed by atoms with van der Waals surface area (Å²) in [4.78, 5) is 0. The lowest BCUT2D eigenvalue weighted by atomic mass is 10.1. The van der Waals surface area contributed by atoms with Crippen LogP contribution in [0.3, 0.4) is 0 Å². The summed E-state index contributed by atoms with van der Waals surface area (Å²) >= 11 is 0. The van der Waals surface area contributed by atoms with Gasteiger partial charge in [0.2, 0.25) is 0 Å². The second-order valence-electron chi connectivity index (χ2n) is 2.01. The number of hydrogen-bond donors (Lipinski definition) is 0. The zero-order valence-corrected chi connectivity index (χ0v) is 6.17. The molecule has 1 atom stereocenters. The summed E-state index contributed by atoms with van der Waals surface area (Å²) in [6.07, 6.45) is 10.1. The molecule has 0 aromatic heterocycles. The van der Waals surface area contributed by atoms with E-state index in [0.717, 1.165) is 0 Å². The van der Waals surface area contributed by atoms with Gasteiger partial charge in [0.05, 0.1) is 0 Å². The van der Waals surface area contributed by atoms with Crippen LogP contribution >= 0.6 is 0 Å². The van der Waals surface area contributed by atoms with E-state index in [4.69, 9.17) is 0 Å². The Labute approximate surface area is 57.6 Å². The maximum atomic E-state index is 3.58. The average Bonchev–Trinajstić information content (AvgIpc) is 1.85. The highest BCUT2D eigenvalue weighted by Crippen LogP contribution is 1.98. The van der Waals surface area contributed by atoms with Crippen LogP contribution in [0.1, 0.15) is 13.8 Å². The molecule has 0 bridgehead atoms. The van der Waals surface area contributed by atoms with Gasteiger partial charge in [0.15, 0.2) is 0 Å². The van der Waals surface area contributed by atoms with Crippen LogP contribution in [0, 0.1) is 5.92 Å². The highest BCUT2D eigenvalue weighted by molar-refractivity contribution is 5.04. The summed E-state index contributed by atoms with van der Waals surface area (Å²) in [5, 5.41) is 0. The van der Waals surface area contributed by atoms with Crippen molar-refractivity contribution in [3.63, 3.8) is 0 Å². The molecule has 0 heterocycles. The molecule has 0 heteroatoms. The van der Waals surface area contributed by atoms with E-state index in [2.05, 4.69) is 31.7 Å². The topological polar surface area (TPSA) is 0 Å². The molecule has 0 rings (SSSR count). The molecule has 1 unspecified atom stereocenters. The van der Waals surface area contributed by atoms with Gasteiger partial charge in [-0.15, -0.1) is 0 Å². The smallest absolute Gasteiger partial charge is 0.00789 e. The second kappa shape index (κ2) is 5.36. The number of allylic oxidation sites excluding steroid dienone is 5. The third kappa shape index (κ3) is 5.09. The molecule has 0 amide bonds. The van der Waals surface area contributed by atoms with Gasteiger partial charge >= 0.3 is 0 Å². The summed E-state index contributed by atoms with van der Waals surface area (Å²) in [7, 11) is 0. The quantitative estimate of drug-likeness (QED) is 0.399. The van der Waals surface area contributed by atoms with Crippen molar-refractivity contribution in [1.82, 2.24) is 0 Å². The monoisotopic (exact) mass is 122 g/mol. The lowest BCUT2D eigenvalue weighted by Crippen LogP contribution is -1.78. The summed E-state index contributed by atoms with van der Waals surface area (Å²) in [6, 6.07) is 0. The van der Waals surface area contributed by atoms with Crippen molar-refractivity contribution in [3.05, 3.63) is 37.0 Å².